The van der Waals surface area contributed by atoms with E-state index in [-0.39, 0.29) is 11.9 Å². The number of aliphatic hydroxyl groups is 1. The van der Waals surface area contributed by atoms with E-state index in [9.17, 15) is 22.7 Å². The minimum absolute atomic E-state index is 0.0213. The number of hydrogen-bond acceptors (Lipinski definition) is 4. The fourth-order valence-corrected chi connectivity index (χ4v) is 6.14. The number of fused-ring (bicyclic) bond motifs is 3. The summed E-state index contributed by atoms with van der Waals surface area (Å²) in [4.78, 5) is 6.49. The van der Waals surface area contributed by atoms with E-state index in [4.69, 9.17) is 4.74 Å². The summed E-state index contributed by atoms with van der Waals surface area (Å²) in [5.74, 6) is -5.90. The van der Waals surface area contributed by atoms with Crippen LogP contribution in [0.25, 0.3) is 10.9 Å². The van der Waals surface area contributed by atoms with Crippen molar-refractivity contribution in [2.45, 2.75) is 49.3 Å². The fraction of sp³-hybridized carbons (Fsp3) is 0.500. The Morgan fingerprint density at radius 1 is 1.08 bits per heavy atom. The third-order valence-corrected chi connectivity index (χ3v) is 8.22. The zero-order chi connectivity index (χ0) is 27.5. The zero-order valence-corrected chi connectivity index (χ0v) is 21.1. The number of hydrogen-bond donors (Lipinski definition) is 2. The molecule has 0 unspecified atom stereocenters. The van der Waals surface area contributed by atoms with E-state index in [1.807, 2.05) is 4.90 Å². The van der Waals surface area contributed by atoms with Crippen LogP contribution >= 0.6 is 0 Å². The van der Waals surface area contributed by atoms with E-state index in [0.29, 0.717) is 67.5 Å². The van der Waals surface area contributed by atoms with E-state index in [2.05, 4.69) is 4.98 Å². The van der Waals surface area contributed by atoms with Crippen LogP contribution in [0.15, 0.2) is 30.3 Å². The van der Waals surface area contributed by atoms with Crippen LogP contribution in [0.5, 0.6) is 5.75 Å². The van der Waals surface area contributed by atoms with Crippen LogP contribution in [0.4, 0.5) is 26.3 Å². The maximum atomic E-state index is 15.8. The molecule has 0 bridgehead atoms. The topological polar surface area (TPSA) is 51.7 Å². The lowest BCUT2D eigenvalue weighted by atomic mass is 9.85. The molecule has 2 aliphatic heterocycles. The summed E-state index contributed by atoms with van der Waals surface area (Å²) in [6, 6.07) is 4.98. The van der Waals surface area contributed by atoms with Crippen molar-refractivity contribution < 1.29 is 36.2 Å². The number of nitrogens with zero attached hydrogens (tertiary/aromatic N) is 2. The van der Waals surface area contributed by atoms with Gasteiger partial charge >= 0.3 is 0 Å². The Kier molecular flexibility index (Phi) is 6.59. The first kappa shape index (κ1) is 26.5. The molecule has 1 aliphatic carbocycles. The Balaban J connectivity index is 1.39. The van der Waals surface area contributed by atoms with Gasteiger partial charge < -0.3 is 14.8 Å². The molecule has 2 aromatic carbocycles. The van der Waals surface area contributed by atoms with Crippen molar-refractivity contribution in [1.29, 1.82) is 0 Å². The van der Waals surface area contributed by atoms with Crippen molar-refractivity contribution in [1.82, 2.24) is 14.8 Å². The molecule has 1 saturated carbocycles. The molecule has 3 aliphatic rings. The number of aliphatic hydroxyl groups excluding tert-OH is 1. The van der Waals surface area contributed by atoms with E-state index in [0.717, 1.165) is 12.1 Å². The highest BCUT2D eigenvalue weighted by atomic mass is 19.3. The zero-order valence-electron chi connectivity index (χ0n) is 21.1. The van der Waals surface area contributed by atoms with Gasteiger partial charge in [0.25, 0.3) is 5.92 Å². The molecule has 1 atom stereocenters. The van der Waals surface area contributed by atoms with Gasteiger partial charge in [-0.2, -0.15) is 0 Å². The summed E-state index contributed by atoms with van der Waals surface area (Å²) in [5, 5.41) is 9.88. The number of nitrogens with one attached hydrogen (secondary N) is 1. The van der Waals surface area contributed by atoms with Crippen LogP contribution in [0.3, 0.4) is 0 Å². The SMILES string of the molecule is OCC(F)(F)CN1[C@H](c2c(F)cc(OC3CN(CCCF)C3)cc2F)c2[nH]c3ccc(F)cc3c2CC12CC2. The minimum Gasteiger partial charge on any atom is -0.488 e. The summed E-state index contributed by atoms with van der Waals surface area (Å²) in [6.07, 6.45) is 1.47. The molecule has 1 spiro atoms. The second-order valence-electron chi connectivity index (χ2n) is 11.0. The molecule has 39 heavy (non-hydrogen) atoms. The van der Waals surface area contributed by atoms with Crippen molar-refractivity contribution in [2.24, 2.45) is 0 Å². The fourth-order valence-electron chi connectivity index (χ4n) is 6.14. The van der Waals surface area contributed by atoms with Crippen molar-refractivity contribution in [2.75, 3.05) is 39.5 Å². The van der Waals surface area contributed by atoms with Crippen molar-refractivity contribution >= 4 is 10.9 Å². The number of halogens is 6. The minimum atomic E-state index is -3.50. The van der Waals surface area contributed by atoms with Gasteiger partial charge in [0.05, 0.1) is 19.3 Å². The summed E-state index contributed by atoms with van der Waals surface area (Å²) >= 11 is 0. The smallest absolute Gasteiger partial charge is 0.283 e. The van der Waals surface area contributed by atoms with Gasteiger partial charge in [-0.05, 0) is 49.4 Å². The lowest BCUT2D eigenvalue weighted by molar-refractivity contribution is -0.0918. The van der Waals surface area contributed by atoms with E-state index >= 15 is 8.78 Å². The Morgan fingerprint density at radius 2 is 1.79 bits per heavy atom. The second-order valence-corrected chi connectivity index (χ2v) is 11.0. The Hall–Kier alpha value is -2.76. The maximum absolute atomic E-state index is 15.8. The lowest BCUT2D eigenvalue weighted by Crippen LogP contribution is -2.54. The Morgan fingerprint density at radius 3 is 2.44 bits per heavy atom. The highest BCUT2D eigenvalue weighted by molar-refractivity contribution is 5.86. The molecule has 210 valence electrons. The van der Waals surface area contributed by atoms with Gasteiger partial charge in [-0.1, -0.05) is 0 Å². The third-order valence-electron chi connectivity index (χ3n) is 8.22. The third kappa shape index (κ3) is 4.78. The molecular weight excluding hydrogens is 524 g/mol. The normalized spacial score (nSPS) is 21.4. The first-order valence-corrected chi connectivity index (χ1v) is 13.1. The largest absolute Gasteiger partial charge is 0.488 e. The van der Waals surface area contributed by atoms with E-state index < -0.39 is 60.3 Å². The van der Waals surface area contributed by atoms with Crippen molar-refractivity contribution in [3.05, 3.63) is 64.6 Å². The van der Waals surface area contributed by atoms with Crippen LogP contribution in [0.2, 0.25) is 0 Å². The number of aromatic nitrogens is 1. The quantitative estimate of drug-likeness (QED) is 0.362. The molecular formula is C28H29F6N3O2. The molecule has 11 heteroatoms. The summed E-state index contributed by atoms with van der Waals surface area (Å²) in [7, 11) is 0. The van der Waals surface area contributed by atoms with Crippen molar-refractivity contribution in [3.63, 3.8) is 0 Å². The van der Waals surface area contributed by atoms with Crippen molar-refractivity contribution in [3.8, 4) is 5.75 Å². The Bertz CT molecular complexity index is 1360. The van der Waals surface area contributed by atoms with Crippen LogP contribution in [0, 0.1) is 17.5 Å². The Labute approximate surface area is 221 Å². The van der Waals surface area contributed by atoms with Gasteiger partial charge in [-0.3, -0.25) is 14.2 Å². The first-order chi connectivity index (χ1) is 18.6. The molecule has 6 rings (SSSR count). The predicted octanol–water partition coefficient (Wildman–Crippen LogP) is 5.12. The summed E-state index contributed by atoms with van der Waals surface area (Å²) in [5.41, 5.74) is 0.323. The molecule has 2 N–H and O–H groups in total. The van der Waals surface area contributed by atoms with Crippen LogP contribution < -0.4 is 4.74 Å². The van der Waals surface area contributed by atoms with E-state index in [1.165, 1.54) is 23.1 Å². The summed E-state index contributed by atoms with van der Waals surface area (Å²) in [6.45, 7) is -1.13. The molecule has 1 saturated heterocycles. The van der Waals surface area contributed by atoms with E-state index in [1.54, 1.807) is 0 Å². The van der Waals surface area contributed by atoms with Crippen LogP contribution in [-0.4, -0.2) is 76.9 Å². The number of H-pyrrole nitrogens is 1. The van der Waals surface area contributed by atoms with Gasteiger partial charge in [0.2, 0.25) is 0 Å². The number of alkyl halides is 3. The average molecular weight is 554 g/mol. The second kappa shape index (κ2) is 9.71. The van der Waals surface area contributed by atoms with Crippen LogP contribution in [-0.2, 0) is 6.42 Å². The molecule has 3 aromatic rings. The molecule has 2 fully saturated rings. The molecule has 1 aromatic heterocycles. The monoisotopic (exact) mass is 553 g/mol. The molecule has 0 amide bonds. The predicted molar refractivity (Wildman–Crippen MR) is 132 cm³/mol. The van der Waals surface area contributed by atoms with Gasteiger partial charge in [0, 0.05) is 59.5 Å². The molecule has 5 nitrogen and oxygen atoms in total. The number of likely N-dealkylation sites (tertiary alicyclic amines) is 1. The number of ether oxygens (including phenoxy) is 1. The van der Waals surface area contributed by atoms with Gasteiger partial charge in [0.15, 0.2) is 0 Å². The summed E-state index contributed by atoms with van der Waals surface area (Å²) < 4.78 is 93.0. The molecule has 0 radical (unpaired) electrons. The standard InChI is InChI=1S/C28H29F6N3O2/c29-6-1-7-36-12-18(13-36)39-17-9-21(31)24(22(32)10-17)26-25-20(19-8-16(30)2-3-23(19)35-25)11-27(4-5-27)37(26)14-28(33,34)15-38/h2-3,8-10,18,26,35,38H,1,4-7,11-15H2/t26-/m1/s1. The average Bonchev–Trinajstić information content (AvgIpc) is 3.55. The maximum Gasteiger partial charge on any atom is 0.283 e. The number of benzene rings is 2. The van der Waals surface area contributed by atoms with Gasteiger partial charge in [0.1, 0.15) is 35.9 Å². The number of aromatic amines is 1. The van der Waals surface area contributed by atoms with Crippen LogP contribution in [0.1, 0.15) is 42.1 Å². The number of rotatable bonds is 9. The molecule has 3 heterocycles. The first-order valence-electron chi connectivity index (χ1n) is 13.1. The lowest BCUT2D eigenvalue weighted by Gasteiger charge is -2.44. The highest BCUT2D eigenvalue weighted by Gasteiger charge is 2.57. The van der Waals surface area contributed by atoms with Gasteiger partial charge in [-0.15, -0.1) is 0 Å². The highest BCUT2D eigenvalue weighted by Crippen LogP contribution is 2.56. The van der Waals surface area contributed by atoms with Gasteiger partial charge in [-0.25, -0.2) is 22.0 Å².